The zero-order valence-corrected chi connectivity index (χ0v) is 15.9. The molecule has 0 aromatic heterocycles. The van der Waals surface area contributed by atoms with Crippen LogP contribution >= 0.6 is 11.8 Å². The lowest BCUT2D eigenvalue weighted by Gasteiger charge is -2.25. The third-order valence-electron chi connectivity index (χ3n) is 4.10. The summed E-state index contributed by atoms with van der Waals surface area (Å²) in [5, 5.41) is 18.9. The first-order valence-electron chi connectivity index (χ1n) is 8.62. The average molecular weight is 369 g/mol. The number of aryl methyl sites for hydroxylation is 1. The Bertz CT molecular complexity index is 741. The van der Waals surface area contributed by atoms with E-state index in [1.165, 1.54) is 11.8 Å². The molecule has 0 radical (unpaired) electrons. The predicted molar refractivity (Wildman–Crippen MR) is 107 cm³/mol. The van der Waals surface area contributed by atoms with Gasteiger partial charge in [0.2, 0.25) is 5.91 Å². The number of aliphatic hydroxyl groups is 1. The van der Waals surface area contributed by atoms with Crippen LogP contribution in [0.25, 0.3) is 0 Å². The molecule has 0 aliphatic rings. The van der Waals surface area contributed by atoms with Crippen LogP contribution in [0, 0.1) is 18.3 Å². The molecule has 1 N–H and O–H groups in total. The lowest BCUT2D eigenvalue weighted by atomic mass is 10.1. The predicted octanol–water partition coefficient (Wildman–Crippen LogP) is 4.10. The van der Waals surface area contributed by atoms with Crippen molar-refractivity contribution in [2.45, 2.75) is 31.6 Å². The van der Waals surface area contributed by atoms with Crippen molar-refractivity contribution in [3.63, 3.8) is 0 Å². The number of hydrogen-bond acceptors (Lipinski definition) is 4. The number of amides is 1. The molecule has 2 aromatic rings. The zero-order chi connectivity index (χ0) is 18.9. The maximum absolute atomic E-state index is 12.9. The highest BCUT2D eigenvalue weighted by Crippen LogP contribution is 2.24. The van der Waals surface area contributed by atoms with E-state index < -0.39 is 6.10 Å². The van der Waals surface area contributed by atoms with E-state index in [4.69, 9.17) is 5.26 Å². The first-order valence-corrected chi connectivity index (χ1v) is 9.67. The largest absolute Gasteiger partial charge is 0.388 e. The summed E-state index contributed by atoms with van der Waals surface area (Å²) in [4.78, 5) is 14.6. The van der Waals surface area contributed by atoms with E-state index in [0.29, 0.717) is 12.3 Å². The number of nitriles is 1. The summed E-state index contributed by atoms with van der Waals surface area (Å²) in [6, 6.07) is 19.3. The van der Waals surface area contributed by atoms with Gasteiger partial charge in [0, 0.05) is 18.0 Å². The molecule has 1 amide bonds. The van der Waals surface area contributed by atoms with Gasteiger partial charge in [-0.1, -0.05) is 48.0 Å². The van der Waals surface area contributed by atoms with Crippen molar-refractivity contribution >= 4 is 23.4 Å². The average Bonchev–Trinajstić information content (AvgIpc) is 2.67. The second-order valence-corrected chi connectivity index (χ2v) is 7.51. The molecule has 136 valence electrons. The van der Waals surface area contributed by atoms with Crippen molar-refractivity contribution in [1.29, 1.82) is 5.26 Å². The summed E-state index contributed by atoms with van der Waals surface area (Å²) in [7, 11) is 0. The molecular formula is C21H24N2O2S. The molecule has 5 heteroatoms. The summed E-state index contributed by atoms with van der Waals surface area (Å²) >= 11 is 1.42. The van der Waals surface area contributed by atoms with Crippen molar-refractivity contribution in [2.75, 3.05) is 17.2 Å². The highest BCUT2D eigenvalue weighted by molar-refractivity contribution is 8.00. The smallest absolute Gasteiger partial charge is 0.239 e. The molecule has 0 fully saturated rings. The number of benzene rings is 2. The van der Waals surface area contributed by atoms with E-state index in [2.05, 4.69) is 6.07 Å². The number of rotatable bonds is 8. The molecule has 0 aliphatic heterocycles. The monoisotopic (exact) mass is 368 g/mol. The Labute approximate surface area is 159 Å². The summed E-state index contributed by atoms with van der Waals surface area (Å²) in [5.41, 5.74) is 2.77. The van der Waals surface area contributed by atoms with Gasteiger partial charge in [-0.05, 0) is 31.5 Å². The maximum Gasteiger partial charge on any atom is 0.239 e. The minimum Gasteiger partial charge on any atom is -0.388 e. The van der Waals surface area contributed by atoms with Gasteiger partial charge in [0.1, 0.15) is 0 Å². The number of carbonyl (C=O) groups is 1. The van der Waals surface area contributed by atoms with Crippen LogP contribution in [0.4, 0.5) is 5.69 Å². The van der Waals surface area contributed by atoms with Crippen LogP contribution in [0.15, 0.2) is 54.6 Å². The van der Waals surface area contributed by atoms with E-state index >= 15 is 0 Å². The third-order valence-corrected chi connectivity index (χ3v) is 5.30. The Kier molecular flexibility index (Phi) is 7.71. The number of carbonyl (C=O) groups excluding carboxylic acids is 1. The van der Waals surface area contributed by atoms with E-state index in [1.807, 2.05) is 68.4 Å². The molecule has 0 spiro atoms. The van der Waals surface area contributed by atoms with Gasteiger partial charge in [0.25, 0.3) is 0 Å². The van der Waals surface area contributed by atoms with Gasteiger partial charge in [0.05, 0.1) is 23.8 Å². The molecular weight excluding hydrogens is 344 g/mol. The molecule has 2 atom stereocenters. The standard InChI is InChI=1S/C21H24N2O2S/c1-16-9-11-19(12-10-16)23(14-6-13-22)21(25)17(2)26-15-20(24)18-7-4-3-5-8-18/h3-5,7-12,17,20,24H,6,14-15H2,1-2H3. The summed E-state index contributed by atoms with van der Waals surface area (Å²) in [6.45, 7) is 4.21. The fourth-order valence-electron chi connectivity index (χ4n) is 2.55. The number of aliphatic hydroxyl groups excluding tert-OH is 1. The van der Waals surface area contributed by atoms with Crippen LogP contribution in [0.5, 0.6) is 0 Å². The topological polar surface area (TPSA) is 64.3 Å². The second-order valence-electron chi connectivity index (χ2n) is 6.14. The van der Waals surface area contributed by atoms with E-state index in [0.717, 1.165) is 16.8 Å². The zero-order valence-electron chi connectivity index (χ0n) is 15.1. The highest BCUT2D eigenvalue weighted by Gasteiger charge is 2.23. The van der Waals surface area contributed by atoms with E-state index in [1.54, 1.807) is 4.90 Å². The van der Waals surface area contributed by atoms with Gasteiger partial charge >= 0.3 is 0 Å². The number of thioether (sulfide) groups is 1. The summed E-state index contributed by atoms with van der Waals surface area (Å²) < 4.78 is 0. The van der Waals surface area contributed by atoms with Gasteiger partial charge in [-0.3, -0.25) is 4.79 Å². The van der Waals surface area contributed by atoms with Gasteiger partial charge in [-0.15, -0.1) is 11.8 Å². The van der Waals surface area contributed by atoms with Crippen molar-refractivity contribution < 1.29 is 9.90 Å². The third kappa shape index (κ3) is 5.62. The molecule has 0 aliphatic carbocycles. The Hall–Kier alpha value is -2.29. The highest BCUT2D eigenvalue weighted by atomic mass is 32.2. The summed E-state index contributed by atoms with van der Waals surface area (Å²) in [6.07, 6.45) is -0.327. The first-order chi connectivity index (χ1) is 12.5. The quantitative estimate of drug-likeness (QED) is 0.762. The number of anilines is 1. The second kappa shape index (κ2) is 10.0. The fourth-order valence-corrected chi connectivity index (χ4v) is 3.48. The van der Waals surface area contributed by atoms with Crippen LogP contribution in [0.2, 0.25) is 0 Å². The van der Waals surface area contributed by atoms with Gasteiger partial charge in [0.15, 0.2) is 0 Å². The molecule has 0 bridgehead atoms. The Morgan fingerprint density at radius 3 is 2.46 bits per heavy atom. The van der Waals surface area contributed by atoms with Crippen molar-refractivity contribution in [1.82, 2.24) is 0 Å². The molecule has 4 nitrogen and oxygen atoms in total. The Morgan fingerprint density at radius 2 is 1.85 bits per heavy atom. The van der Waals surface area contributed by atoms with Gasteiger partial charge in [-0.2, -0.15) is 5.26 Å². The fraction of sp³-hybridized carbons (Fsp3) is 0.333. The first kappa shape index (κ1) is 20.0. The minimum atomic E-state index is -0.608. The normalized spacial score (nSPS) is 12.8. The van der Waals surface area contributed by atoms with Gasteiger partial charge in [-0.25, -0.2) is 0 Å². The SMILES string of the molecule is Cc1ccc(N(CCC#N)C(=O)C(C)SCC(O)c2ccccc2)cc1. The van der Waals surface area contributed by atoms with Crippen molar-refractivity contribution in [3.05, 3.63) is 65.7 Å². The molecule has 0 heterocycles. The van der Waals surface area contributed by atoms with Crippen LogP contribution in [0.3, 0.4) is 0 Å². The molecule has 0 saturated carbocycles. The van der Waals surface area contributed by atoms with E-state index in [9.17, 15) is 9.90 Å². The lowest BCUT2D eigenvalue weighted by Crippen LogP contribution is -2.37. The van der Waals surface area contributed by atoms with Crippen LogP contribution in [-0.2, 0) is 4.79 Å². The van der Waals surface area contributed by atoms with Crippen LogP contribution in [0.1, 0.15) is 30.6 Å². The number of hydrogen-bond donors (Lipinski definition) is 1. The minimum absolute atomic E-state index is 0.0469. The Balaban J connectivity index is 2.02. The number of nitrogens with zero attached hydrogens (tertiary/aromatic N) is 2. The van der Waals surface area contributed by atoms with E-state index in [-0.39, 0.29) is 17.6 Å². The molecule has 2 aromatic carbocycles. The summed E-state index contributed by atoms with van der Waals surface area (Å²) in [5.74, 6) is 0.394. The van der Waals surface area contributed by atoms with Crippen molar-refractivity contribution in [3.8, 4) is 6.07 Å². The van der Waals surface area contributed by atoms with Crippen LogP contribution in [-0.4, -0.2) is 28.6 Å². The lowest BCUT2D eigenvalue weighted by molar-refractivity contribution is -0.117. The molecule has 2 rings (SSSR count). The van der Waals surface area contributed by atoms with Gasteiger partial charge < -0.3 is 10.0 Å². The Morgan fingerprint density at radius 1 is 1.19 bits per heavy atom. The molecule has 0 saturated heterocycles. The maximum atomic E-state index is 12.9. The molecule has 26 heavy (non-hydrogen) atoms. The van der Waals surface area contributed by atoms with Crippen molar-refractivity contribution in [2.24, 2.45) is 0 Å². The molecule has 2 unspecified atom stereocenters. The van der Waals surface area contributed by atoms with Crippen LogP contribution < -0.4 is 4.90 Å².